The van der Waals surface area contributed by atoms with Crippen LogP contribution in [0.3, 0.4) is 0 Å². The van der Waals surface area contributed by atoms with E-state index in [1.54, 1.807) is 18.2 Å². The zero-order valence-corrected chi connectivity index (χ0v) is 16.6. The third kappa shape index (κ3) is 5.42. The molecule has 0 bridgehead atoms. The Hall–Kier alpha value is -3.15. The van der Waals surface area contributed by atoms with Crippen LogP contribution in [-0.2, 0) is 27.2 Å². The highest BCUT2D eigenvalue weighted by Crippen LogP contribution is 2.22. The Balaban J connectivity index is 1.99. The number of rotatable bonds is 8. The van der Waals surface area contributed by atoms with E-state index in [0.29, 0.717) is 16.9 Å². The van der Waals surface area contributed by atoms with Gasteiger partial charge in [-0.3, -0.25) is 14.4 Å². The average molecular weight is 383 g/mol. The van der Waals surface area contributed by atoms with Crippen LogP contribution in [0.4, 0.5) is 5.69 Å². The summed E-state index contributed by atoms with van der Waals surface area (Å²) in [4.78, 5) is 35.9. The molecule has 0 aromatic heterocycles. The van der Waals surface area contributed by atoms with Crippen molar-refractivity contribution in [2.75, 3.05) is 19.0 Å². The highest BCUT2D eigenvalue weighted by atomic mass is 16.5. The molecule has 2 aromatic carbocycles. The molecule has 6 nitrogen and oxygen atoms in total. The van der Waals surface area contributed by atoms with Crippen LogP contribution in [0.1, 0.15) is 40.9 Å². The molecule has 2 aromatic rings. The topological polar surface area (TPSA) is 81.7 Å². The predicted octanol–water partition coefficient (Wildman–Crippen LogP) is 3.49. The van der Waals surface area contributed by atoms with Crippen LogP contribution >= 0.6 is 0 Å². The molecule has 0 aliphatic heterocycles. The van der Waals surface area contributed by atoms with E-state index in [1.165, 1.54) is 14.0 Å². The van der Waals surface area contributed by atoms with Gasteiger partial charge in [-0.2, -0.15) is 0 Å². The average Bonchev–Trinajstić information content (AvgIpc) is 2.67. The molecule has 0 aliphatic rings. The minimum atomic E-state index is -0.574. The number of amides is 1. The van der Waals surface area contributed by atoms with Gasteiger partial charge in [0.15, 0.2) is 12.4 Å². The zero-order valence-electron chi connectivity index (χ0n) is 16.6. The molecule has 148 valence electrons. The number of anilines is 1. The molecule has 0 atom stereocenters. The molecule has 2 rings (SSSR count). The predicted molar refractivity (Wildman–Crippen MR) is 107 cm³/mol. The molecule has 1 N–H and O–H groups in total. The van der Waals surface area contributed by atoms with E-state index >= 15 is 0 Å². The van der Waals surface area contributed by atoms with Crippen molar-refractivity contribution < 1.29 is 23.9 Å². The molecule has 0 unspecified atom stereocenters. The van der Waals surface area contributed by atoms with Gasteiger partial charge in [0.05, 0.1) is 13.5 Å². The normalized spacial score (nSPS) is 10.3. The van der Waals surface area contributed by atoms with Gasteiger partial charge in [-0.1, -0.05) is 25.1 Å². The summed E-state index contributed by atoms with van der Waals surface area (Å²) < 4.78 is 10.3. The lowest BCUT2D eigenvalue weighted by atomic mass is 10.0. The first-order valence-electron chi connectivity index (χ1n) is 9.07. The van der Waals surface area contributed by atoms with Crippen LogP contribution in [0.5, 0.6) is 5.75 Å². The Bertz CT molecular complexity index is 888. The van der Waals surface area contributed by atoms with Crippen LogP contribution in [0, 0.1) is 6.92 Å². The number of carbonyl (C=O) groups is 3. The van der Waals surface area contributed by atoms with Crippen molar-refractivity contribution in [3.05, 3.63) is 58.7 Å². The fraction of sp³-hybridized carbons (Fsp3) is 0.318. The Labute approximate surface area is 164 Å². The standard InChI is InChI=1S/C22H25NO5/c1-5-16-8-6-7-14(2)22(16)23-20(25)13-28-21(26)12-18-11-17(15(3)24)9-10-19(18)27-4/h6-11H,5,12-13H2,1-4H3,(H,23,25). The van der Waals surface area contributed by atoms with Crippen molar-refractivity contribution in [1.82, 2.24) is 0 Å². The summed E-state index contributed by atoms with van der Waals surface area (Å²) in [5.74, 6) is -0.600. The number of hydrogen-bond acceptors (Lipinski definition) is 5. The fourth-order valence-electron chi connectivity index (χ4n) is 2.87. The fourth-order valence-corrected chi connectivity index (χ4v) is 2.87. The first-order chi connectivity index (χ1) is 13.3. The number of ketones is 1. The summed E-state index contributed by atoms with van der Waals surface area (Å²) in [5.41, 5.74) is 3.73. The number of Topliss-reactive ketones (excluding diaryl/α,β-unsaturated/α-hetero) is 1. The van der Waals surface area contributed by atoms with E-state index in [9.17, 15) is 14.4 Å². The number of methoxy groups -OCH3 is 1. The Kier molecular flexibility index (Phi) is 7.32. The van der Waals surface area contributed by atoms with Gasteiger partial charge in [0.1, 0.15) is 5.75 Å². The summed E-state index contributed by atoms with van der Waals surface area (Å²) in [6.45, 7) is 4.98. The maximum absolute atomic E-state index is 12.2. The van der Waals surface area contributed by atoms with Crippen LogP contribution in [0.25, 0.3) is 0 Å². The van der Waals surface area contributed by atoms with Crippen molar-refractivity contribution in [2.45, 2.75) is 33.6 Å². The first-order valence-corrected chi connectivity index (χ1v) is 9.07. The number of nitrogens with one attached hydrogen (secondary N) is 1. The second kappa shape index (κ2) is 9.69. The van der Waals surface area contributed by atoms with Crippen molar-refractivity contribution in [1.29, 1.82) is 0 Å². The van der Waals surface area contributed by atoms with Crippen molar-refractivity contribution in [2.24, 2.45) is 0 Å². The van der Waals surface area contributed by atoms with Crippen LogP contribution < -0.4 is 10.1 Å². The lowest BCUT2D eigenvalue weighted by Gasteiger charge is -2.13. The van der Waals surface area contributed by atoms with E-state index < -0.39 is 11.9 Å². The molecule has 0 spiro atoms. The van der Waals surface area contributed by atoms with Crippen molar-refractivity contribution in [3.63, 3.8) is 0 Å². The molecular formula is C22H25NO5. The highest BCUT2D eigenvalue weighted by Gasteiger charge is 2.15. The monoisotopic (exact) mass is 383 g/mol. The Morgan fingerprint density at radius 1 is 1.07 bits per heavy atom. The maximum atomic E-state index is 12.2. The van der Waals surface area contributed by atoms with Gasteiger partial charge in [-0.25, -0.2) is 0 Å². The van der Waals surface area contributed by atoms with Gasteiger partial charge in [0.2, 0.25) is 0 Å². The number of benzene rings is 2. The second-order valence-electron chi connectivity index (χ2n) is 6.43. The minimum Gasteiger partial charge on any atom is -0.496 e. The summed E-state index contributed by atoms with van der Waals surface area (Å²) in [5, 5.41) is 2.81. The number of para-hydroxylation sites is 1. The van der Waals surface area contributed by atoms with Crippen LogP contribution in [0.2, 0.25) is 0 Å². The quantitative estimate of drug-likeness (QED) is 0.557. The van der Waals surface area contributed by atoms with Gasteiger partial charge in [-0.15, -0.1) is 0 Å². The summed E-state index contributed by atoms with van der Waals surface area (Å²) >= 11 is 0. The minimum absolute atomic E-state index is 0.0951. The largest absolute Gasteiger partial charge is 0.496 e. The van der Waals surface area contributed by atoms with Gasteiger partial charge < -0.3 is 14.8 Å². The molecule has 0 aliphatic carbocycles. The van der Waals surface area contributed by atoms with Gasteiger partial charge in [-0.05, 0) is 49.6 Å². The van der Waals surface area contributed by atoms with Crippen LogP contribution in [0.15, 0.2) is 36.4 Å². The molecule has 0 saturated carbocycles. The number of esters is 1. The molecule has 0 fully saturated rings. The highest BCUT2D eigenvalue weighted by molar-refractivity contribution is 5.95. The van der Waals surface area contributed by atoms with Gasteiger partial charge in [0, 0.05) is 16.8 Å². The number of aryl methyl sites for hydroxylation is 2. The lowest BCUT2D eigenvalue weighted by molar-refractivity contribution is -0.146. The van der Waals surface area contributed by atoms with E-state index in [-0.39, 0.29) is 18.8 Å². The van der Waals surface area contributed by atoms with Crippen LogP contribution in [-0.4, -0.2) is 31.4 Å². The smallest absolute Gasteiger partial charge is 0.310 e. The third-order valence-electron chi connectivity index (χ3n) is 4.39. The third-order valence-corrected chi connectivity index (χ3v) is 4.39. The molecule has 28 heavy (non-hydrogen) atoms. The second-order valence-corrected chi connectivity index (χ2v) is 6.43. The van der Waals surface area contributed by atoms with Crippen molar-refractivity contribution in [3.8, 4) is 5.75 Å². The number of ether oxygens (including phenoxy) is 2. The molecular weight excluding hydrogens is 358 g/mol. The summed E-state index contributed by atoms with van der Waals surface area (Å²) in [6.07, 6.45) is 0.686. The number of carbonyl (C=O) groups excluding carboxylic acids is 3. The summed E-state index contributed by atoms with van der Waals surface area (Å²) in [6, 6.07) is 10.7. The van der Waals surface area contributed by atoms with Gasteiger partial charge >= 0.3 is 5.97 Å². The van der Waals surface area contributed by atoms with E-state index in [0.717, 1.165) is 23.2 Å². The van der Waals surface area contributed by atoms with E-state index in [1.807, 2.05) is 32.0 Å². The Morgan fingerprint density at radius 2 is 1.82 bits per heavy atom. The van der Waals surface area contributed by atoms with E-state index in [4.69, 9.17) is 9.47 Å². The maximum Gasteiger partial charge on any atom is 0.310 e. The first kappa shape index (κ1) is 21.2. The summed E-state index contributed by atoms with van der Waals surface area (Å²) in [7, 11) is 1.48. The Morgan fingerprint density at radius 3 is 2.46 bits per heavy atom. The number of hydrogen-bond donors (Lipinski definition) is 1. The SMILES string of the molecule is CCc1cccc(C)c1NC(=O)COC(=O)Cc1cc(C(C)=O)ccc1OC. The molecule has 1 amide bonds. The van der Waals surface area contributed by atoms with Crippen molar-refractivity contribution >= 4 is 23.3 Å². The molecule has 0 heterocycles. The van der Waals surface area contributed by atoms with Gasteiger partial charge in [0.25, 0.3) is 5.91 Å². The van der Waals surface area contributed by atoms with E-state index in [2.05, 4.69) is 5.32 Å². The molecule has 0 radical (unpaired) electrons. The lowest BCUT2D eigenvalue weighted by Crippen LogP contribution is -2.22. The molecule has 0 saturated heterocycles. The zero-order chi connectivity index (χ0) is 20.7. The molecule has 6 heteroatoms.